The molecule has 1 amide bonds. The van der Waals surface area contributed by atoms with Crippen LogP contribution in [0.5, 0.6) is 0 Å². The highest BCUT2D eigenvalue weighted by atomic mass is 16.6. The van der Waals surface area contributed by atoms with Gasteiger partial charge in [0.05, 0.1) is 11.6 Å². The van der Waals surface area contributed by atoms with Crippen molar-refractivity contribution in [3.63, 3.8) is 0 Å². The van der Waals surface area contributed by atoms with E-state index in [-0.39, 0.29) is 5.54 Å². The van der Waals surface area contributed by atoms with E-state index in [2.05, 4.69) is 41.5 Å². The van der Waals surface area contributed by atoms with E-state index in [1.807, 2.05) is 26.8 Å². The Hall–Kier alpha value is -1.59. The maximum absolute atomic E-state index is 12.3. The average molecular weight is 360 g/mol. The van der Waals surface area contributed by atoms with Gasteiger partial charge in [0.1, 0.15) is 5.60 Å². The molecule has 2 bridgehead atoms. The minimum Gasteiger partial charge on any atom is -0.444 e. The van der Waals surface area contributed by atoms with E-state index >= 15 is 0 Å². The number of alkyl carbamates (subject to hydrolysis) is 1. The number of nitrogens with one attached hydrogen (secondary N) is 1. The summed E-state index contributed by atoms with van der Waals surface area (Å²) in [7, 11) is 2.15. The summed E-state index contributed by atoms with van der Waals surface area (Å²) in [6.07, 6.45) is 3.23. The Kier molecular flexibility index (Phi) is 5.06. The Morgan fingerprint density at radius 1 is 1.23 bits per heavy atom. The molecular weight excluding hydrogens is 328 g/mol. The number of hydrogen-bond donors (Lipinski definition) is 2. The molecule has 26 heavy (non-hydrogen) atoms. The van der Waals surface area contributed by atoms with Gasteiger partial charge < -0.3 is 15.2 Å². The molecule has 0 spiro atoms. The topological polar surface area (TPSA) is 61.8 Å². The molecule has 1 aromatic carbocycles. The predicted molar refractivity (Wildman–Crippen MR) is 102 cm³/mol. The molecule has 2 N–H and O–H groups in total. The van der Waals surface area contributed by atoms with E-state index < -0.39 is 23.3 Å². The number of amides is 1. The summed E-state index contributed by atoms with van der Waals surface area (Å²) in [6.45, 7) is 6.43. The third-order valence-corrected chi connectivity index (χ3v) is 6.11. The SMILES string of the molecule is CN(Cc1ccccc1)C12CCC(NC(=O)OC(C)(C)C)(CC1)[C@@H](O)C2. The normalized spacial score (nSPS) is 31.1. The molecule has 4 rings (SSSR count). The molecule has 5 heteroatoms. The standard InChI is InChI=1S/C21H32N2O3/c1-19(2,3)26-18(25)22-21-12-10-20(11-13-21,14-17(21)24)23(4)15-16-8-6-5-7-9-16/h5-9,17,24H,10-15H2,1-4H3,(H,22,25)/t17-,20?,21?/m0/s1. The van der Waals surface area contributed by atoms with Crippen LogP contribution in [0, 0.1) is 0 Å². The van der Waals surface area contributed by atoms with Crippen molar-refractivity contribution in [1.82, 2.24) is 10.2 Å². The fourth-order valence-corrected chi connectivity index (χ4v) is 4.53. The van der Waals surface area contributed by atoms with Crippen molar-refractivity contribution in [1.29, 1.82) is 0 Å². The zero-order chi connectivity index (χ0) is 19.0. The van der Waals surface area contributed by atoms with Crippen molar-refractivity contribution < 1.29 is 14.6 Å². The number of fused-ring (bicyclic) bond motifs is 3. The fraction of sp³-hybridized carbons (Fsp3) is 0.667. The molecule has 0 radical (unpaired) electrons. The van der Waals surface area contributed by atoms with Gasteiger partial charge in [-0.2, -0.15) is 0 Å². The molecule has 3 fully saturated rings. The minimum absolute atomic E-state index is 0.00657. The molecule has 0 aliphatic heterocycles. The number of carbonyl (C=O) groups excluding carboxylic acids is 1. The first-order chi connectivity index (χ1) is 12.1. The Morgan fingerprint density at radius 3 is 2.38 bits per heavy atom. The number of benzene rings is 1. The smallest absolute Gasteiger partial charge is 0.408 e. The Labute approximate surface area is 156 Å². The summed E-state index contributed by atoms with van der Waals surface area (Å²) in [5, 5.41) is 13.9. The second kappa shape index (κ2) is 6.86. The van der Waals surface area contributed by atoms with Crippen LogP contribution in [0.3, 0.4) is 0 Å². The van der Waals surface area contributed by atoms with Gasteiger partial charge >= 0.3 is 6.09 Å². The van der Waals surface area contributed by atoms with E-state index in [1.54, 1.807) is 0 Å². The largest absolute Gasteiger partial charge is 0.444 e. The Morgan fingerprint density at radius 2 is 1.85 bits per heavy atom. The van der Waals surface area contributed by atoms with Gasteiger partial charge in [-0.05, 0) is 65.5 Å². The number of hydrogen-bond acceptors (Lipinski definition) is 4. The van der Waals surface area contributed by atoms with Gasteiger partial charge in [-0.1, -0.05) is 30.3 Å². The minimum atomic E-state index is -0.546. The maximum atomic E-state index is 12.3. The highest BCUT2D eigenvalue weighted by Crippen LogP contribution is 2.50. The van der Waals surface area contributed by atoms with E-state index in [0.717, 1.165) is 32.2 Å². The van der Waals surface area contributed by atoms with Crippen LogP contribution in [0.2, 0.25) is 0 Å². The quantitative estimate of drug-likeness (QED) is 0.863. The molecular formula is C21H32N2O3. The van der Waals surface area contributed by atoms with Crippen LogP contribution in [0.4, 0.5) is 4.79 Å². The molecule has 5 nitrogen and oxygen atoms in total. The molecule has 144 valence electrons. The first-order valence-electron chi connectivity index (χ1n) is 9.59. The lowest BCUT2D eigenvalue weighted by atomic mass is 9.59. The molecule has 3 saturated carbocycles. The lowest BCUT2D eigenvalue weighted by Crippen LogP contribution is -2.69. The van der Waals surface area contributed by atoms with Crippen molar-refractivity contribution >= 4 is 6.09 Å². The van der Waals surface area contributed by atoms with Gasteiger partial charge in [-0.15, -0.1) is 0 Å². The van der Waals surface area contributed by atoms with E-state index in [9.17, 15) is 9.90 Å². The molecule has 1 aromatic rings. The number of ether oxygens (including phenoxy) is 1. The third-order valence-electron chi connectivity index (χ3n) is 6.11. The summed E-state index contributed by atoms with van der Waals surface area (Å²) in [6, 6.07) is 10.4. The number of rotatable bonds is 4. The third kappa shape index (κ3) is 3.89. The van der Waals surface area contributed by atoms with Gasteiger partial charge in [0.25, 0.3) is 0 Å². The van der Waals surface area contributed by atoms with Crippen LogP contribution in [-0.2, 0) is 11.3 Å². The summed E-state index contributed by atoms with van der Waals surface area (Å²) < 4.78 is 5.41. The number of carbonyl (C=O) groups is 1. The molecule has 1 atom stereocenters. The first kappa shape index (κ1) is 19.2. The molecule has 3 aliphatic carbocycles. The summed E-state index contributed by atoms with van der Waals surface area (Å²) in [4.78, 5) is 14.6. The van der Waals surface area contributed by atoms with Crippen LogP contribution < -0.4 is 5.32 Å². The lowest BCUT2D eigenvalue weighted by Gasteiger charge is -2.59. The van der Waals surface area contributed by atoms with Crippen molar-refractivity contribution in [2.45, 2.75) is 82.2 Å². The van der Waals surface area contributed by atoms with Gasteiger partial charge in [-0.3, -0.25) is 4.90 Å². The predicted octanol–water partition coefficient (Wildman–Crippen LogP) is 3.46. The van der Waals surface area contributed by atoms with Crippen molar-refractivity contribution in [2.24, 2.45) is 0 Å². The second-order valence-corrected chi connectivity index (χ2v) is 9.07. The van der Waals surface area contributed by atoms with E-state index in [1.165, 1.54) is 5.56 Å². The zero-order valence-electron chi connectivity index (χ0n) is 16.4. The van der Waals surface area contributed by atoms with Crippen molar-refractivity contribution in [3.8, 4) is 0 Å². The second-order valence-electron chi connectivity index (χ2n) is 9.07. The average Bonchev–Trinajstić information content (AvgIpc) is 2.55. The van der Waals surface area contributed by atoms with Gasteiger partial charge in [0.15, 0.2) is 0 Å². The first-order valence-corrected chi connectivity index (χ1v) is 9.59. The Balaban J connectivity index is 1.66. The maximum Gasteiger partial charge on any atom is 0.408 e. The van der Waals surface area contributed by atoms with Gasteiger partial charge in [0, 0.05) is 12.1 Å². The van der Waals surface area contributed by atoms with Crippen LogP contribution >= 0.6 is 0 Å². The highest BCUT2D eigenvalue weighted by Gasteiger charge is 2.56. The van der Waals surface area contributed by atoms with Crippen molar-refractivity contribution in [3.05, 3.63) is 35.9 Å². The zero-order valence-corrected chi connectivity index (χ0v) is 16.4. The summed E-state index contributed by atoms with van der Waals surface area (Å²) in [5.74, 6) is 0. The summed E-state index contributed by atoms with van der Waals surface area (Å²) in [5.41, 5.74) is 0.215. The number of aliphatic hydroxyl groups is 1. The van der Waals surface area contributed by atoms with Crippen LogP contribution in [0.25, 0.3) is 0 Å². The van der Waals surface area contributed by atoms with Crippen molar-refractivity contribution in [2.75, 3.05) is 7.05 Å². The van der Waals surface area contributed by atoms with Gasteiger partial charge in [0.2, 0.25) is 0 Å². The van der Waals surface area contributed by atoms with Crippen LogP contribution in [0.1, 0.15) is 58.4 Å². The molecule has 0 saturated heterocycles. The molecule has 0 heterocycles. The fourth-order valence-electron chi connectivity index (χ4n) is 4.53. The number of aliphatic hydroxyl groups excluding tert-OH is 1. The molecule has 0 aromatic heterocycles. The lowest BCUT2D eigenvalue weighted by molar-refractivity contribution is -0.103. The van der Waals surface area contributed by atoms with Gasteiger partial charge in [-0.25, -0.2) is 4.79 Å². The molecule has 0 unspecified atom stereocenters. The van der Waals surface area contributed by atoms with E-state index in [0.29, 0.717) is 6.42 Å². The van der Waals surface area contributed by atoms with Crippen LogP contribution in [-0.4, -0.2) is 45.9 Å². The number of nitrogens with zero attached hydrogens (tertiary/aromatic N) is 1. The van der Waals surface area contributed by atoms with Crippen LogP contribution in [0.15, 0.2) is 30.3 Å². The Bertz CT molecular complexity index is 630. The highest BCUT2D eigenvalue weighted by molar-refractivity contribution is 5.69. The summed E-state index contributed by atoms with van der Waals surface area (Å²) >= 11 is 0. The van der Waals surface area contributed by atoms with E-state index in [4.69, 9.17) is 4.74 Å². The molecule has 3 aliphatic rings. The monoisotopic (exact) mass is 360 g/mol.